The molecule has 0 saturated heterocycles. The summed E-state index contributed by atoms with van der Waals surface area (Å²) in [5.74, 6) is 0.536. The standard InChI is InChI=1S/C16H26N2O3/c1-12(9-10-19)11-17-16(21)18-13(2)3-4-14-5-7-15(20)8-6-14/h5-8,12-13,19-20H,3-4,9-11H2,1-2H3,(H2,17,18,21). The number of phenols is 1. The van der Waals surface area contributed by atoms with Crippen molar-refractivity contribution in [2.24, 2.45) is 5.92 Å². The van der Waals surface area contributed by atoms with Crippen LogP contribution < -0.4 is 10.6 Å². The number of hydrogen-bond donors (Lipinski definition) is 4. The first-order chi connectivity index (χ1) is 10.0. The van der Waals surface area contributed by atoms with Crippen molar-refractivity contribution in [3.05, 3.63) is 29.8 Å². The second kappa shape index (κ2) is 9.23. The molecular formula is C16H26N2O3. The molecule has 0 spiro atoms. The minimum absolute atomic E-state index is 0.0759. The molecule has 118 valence electrons. The Morgan fingerprint density at radius 1 is 1.19 bits per heavy atom. The average Bonchev–Trinajstić information content (AvgIpc) is 2.45. The molecule has 5 heteroatoms. The number of aliphatic hydroxyl groups is 1. The summed E-state index contributed by atoms with van der Waals surface area (Å²) < 4.78 is 0. The number of rotatable bonds is 8. The Labute approximate surface area is 126 Å². The number of carbonyl (C=O) groups is 1. The fourth-order valence-electron chi connectivity index (χ4n) is 1.98. The minimum Gasteiger partial charge on any atom is -0.508 e. The average molecular weight is 294 g/mol. The van der Waals surface area contributed by atoms with Gasteiger partial charge in [0.2, 0.25) is 0 Å². The summed E-state index contributed by atoms with van der Waals surface area (Å²) in [6, 6.07) is 7.02. The Hall–Kier alpha value is -1.75. The molecule has 0 heterocycles. The monoisotopic (exact) mass is 294 g/mol. The number of nitrogens with one attached hydrogen (secondary N) is 2. The molecule has 1 aromatic carbocycles. The quantitative estimate of drug-likeness (QED) is 0.592. The van der Waals surface area contributed by atoms with E-state index in [-0.39, 0.29) is 30.3 Å². The fraction of sp³-hybridized carbons (Fsp3) is 0.562. The van der Waals surface area contributed by atoms with Crippen LogP contribution in [-0.4, -0.2) is 35.4 Å². The molecule has 5 nitrogen and oxygen atoms in total. The van der Waals surface area contributed by atoms with Crippen molar-refractivity contribution >= 4 is 6.03 Å². The predicted molar refractivity (Wildman–Crippen MR) is 83.3 cm³/mol. The number of carbonyl (C=O) groups excluding carboxylic acids is 1. The molecule has 2 amide bonds. The van der Waals surface area contributed by atoms with Crippen LogP contribution in [0.15, 0.2) is 24.3 Å². The third kappa shape index (κ3) is 7.56. The maximum Gasteiger partial charge on any atom is 0.315 e. The molecular weight excluding hydrogens is 268 g/mol. The number of hydrogen-bond acceptors (Lipinski definition) is 3. The van der Waals surface area contributed by atoms with Crippen molar-refractivity contribution in [2.45, 2.75) is 39.2 Å². The molecule has 4 N–H and O–H groups in total. The van der Waals surface area contributed by atoms with Crippen molar-refractivity contribution in [3.8, 4) is 5.75 Å². The Morgan fingerprint density at radius 3 is 2.48 bits per heavy atom. The lowest BCUT2D eigenvalue weighted by Gasteiger charge is -2.16. The summed E-state index contributed by atoms with van der Waals surface area (Å²) in [7, 11) is 0. The molecule has 1 rings (SSSR count). The smallest absolute Gasteiger partial charge is 0.315 e. The number of aromatic hydroxyl groups is 1. The first-order valence-corrected chi connectivity index (χ1v) is 7.44. The number of benzene rings is 1. The topological polar surface area (TPSA) is 81.6 Å². The van der Waals surface area contributed by atoms with Crippen LogP contribution in [0.2, 0.25) is 0 Å². The van der Waals surface area contributed by atoms with E-state index in [1.807, 2.05) is 26.0 Å². The van der Waals surface area contributed by atoms with Gasteiger partial charge in [0.15, 0.2) is 0 Å². The second-order valence-corrected chi connectivity index (χ2v) is 5.58. The normalized spacial score (nSPS) is 13.5. The molecule has 0 bridgehead atoms. The number of phenolic OH excluding ortho intramolecular Hbond substituents is 1. The lowest BCUT2D eigenvalue weighted by Crippen LogP contribution is -2.42. The highest BCUT2D eigenvalue weighted by molar-refractivity contribution is 5.74. The van der Waals surface area contributed by atoms with Gasteiger partial charge in [0.05, 0.1) is 0 Å². The first kappa shape index (κ1) is 17.3. The van der Waals surface area contributed by atoms with E-state index in [9.17, 15) is 9.90 Å². The van der Waals surface area contributed by atoms with Gasteiger partial charge in [0.1, 0.15) is 5.75 Å². The van der Waals surface area contributed by atoms with Gasteiger partial charge < -0.3 is 20.8 Å². The zero-order valence-electron chi connectivity index (χ0n) is 12.8. The predicted octanol–water partition coefficient (Wildman–Crippen LogP) is 2.03. The molecule has 0 radical (unpaired) electrons. The first-order valence-electron chi connectivity index (χ1n) is 7.44. The molecule has 0 fully saturated rings. The number of amides is 2. The SMILES string of the molecule is CC(CCO)CNC(=O)NC(C)CCc1ccc(O)cc1. The Bertz CT molecular complexity index is 420. The van der Waals surface area contributed by atoms with Crippen molar-refractivity contribution in [1.29, 1.82) is 0 Å². The largest absolute Gasteiger partial charge is 0.508 e. The van der Waals surface area contributed by atoms with Crippen molar-refractivity contribution < 1.29 is 15.0 Å². The van der Waals surface area contributed by atoms with Gasteiger partial charge in [-0.05, 0) is 49.8 Å². The van der Waals surface area contributed by atoms with Crippen LogP contribution in [0.25, 0.3) is 0 Å². The van der Waals surface area contributed by atoms with Crippen molar-refractivity contribution in [1.82, 2.24) is 10.6 Å². The van der Waals surface area contributed by atoms with E-state index in [4.69, 9.17) is 5.11 Å². The summed E-state index contributed by atoms with van der Waals surface area (Å²) >= 11 is 0. The molecule has 1 aromatic rings. The van der Waals surface area contributed by atoms with Gasteiger partial charge in [-0.1, -0.05) is 19.1 Å². The van der Waals surface area contributed by atoms with Crippen LogP contribution >= 0.6 is 0 Å². The summed E-state index contributed by atoms with van der Waals surface area (Å²) in [5, 5.41) is 23.7. The second-order valence-electron chi connectivity index (χ2n) is 5.58. The van der Waals surface area contributed by atoms with Gasteiger partial charge in [-0.15, -0.1) is 0 Å². The van der Waals surface area contributed by atoms with Crippen LogP contribution in [0.3, 0.4) is 0 Å². The summed E-state index contributed by atoms with van der Waals surface area (Å²) in [4.78, 5) is 11.7. The lowest BCUT2D eigenvalue weighted by atomic mass is 10.1. The van der Waals surface area contributed by atoms with Crippen LogP contribution in [-0.2, 0) is 6.42 Å². The summed E-state index contributed by atoms with van der Waals surface area (Å²) in [5.41, 5.74) is 1.14. The van der Waals surface area contributed by atoms with Gasteiger partial charge in [0.25, 0.3) is 0 Å². The van der Waals surface area contributed by atoms with E-state index in [2.05, 4.69) is 10.6 Å². The minimum atomic E-state index is -0.169. The van der Waals surface area contributed by atoms with Gasteiger partial charge >= 0.3 is 6.03 Å². The van der Waals surface area contributed by atoms with E-state index < -0.39 is 0 Å². The number of urea groups is 1. The number of aryl methyl sites for hydroxylation is 1. The molecule has 0 aliphatic heterocycles. The fourth-order valence-corrected chi connectivity index (χ4v) is 1.98. The molecule has 0 aliphatic rings. The Balaban J connectivity index is 2.21. The van der Waals surface area contributed by atoms with Crippen LogP contribution in [0.5, 0.6) is 5.75 Å². The van der Waals surface area contributed by atoms with Crippen LogP contribution in [0, 0.1) is 5.92 Å². The third-order valence-electron chi connectivity index (χ3n) is 3.41. The van der Waals surface area contributed by atoms with Gasteiger partial charge in [-0.25, -0.2) is 4.79 Å². The molecule has 21 heavy (non-hydrogen) atoms. The van der Waals surface area contributed by atoms with Crippen molar-refractivity contribution in [2.75, 3.05) is 13.2 Å². The molecule has 0 saturated carbocycles. The van der Waals surface area contributed by atoms with E-state index >= 15 is 0 Å². The van der Waals surface area contributed by atoms with E-state index in [0.717, 1.165) is 18.4 Å². The maximum absolute atomic E-state index is 11.7. The highest BCUT2D eigenvalue weighted by atomic mass is 16.3. The van der Waals surface area contributed by atoms with E-state index in [0.29, 0.717) is 13.0 Å². The van der Waals surface area contributed by atoms with E-state index in [1.54, 1.807) is 12.1 Å². The Kier molecular flexibility index (Phi) is 7.61. The van der Waals surface area contributed by atoms with Gasteiger partial charge in [-0.3, -0.25) is 0 Å². The molecule has 2 unspecified atom stereocenters. The third-order valence-corrected chi connectivity index (χ3v) is 3.41. The van der Waals surface area contributed by atoms with Crippen molar-refractivity contribution in [3.63, 3.8) is 0 Å². The van der Waals surface area contributed by atoms with Crippen LogP contribution in [0.4, 0.5) is 4.79 Å². The van der Waals surface area contributed by atoms with Gasteiger partial charge in [-0.2, -0.15) is 0 Å². The summed E-state index contributed by atoms with van der Waals surface area (Å²) in [6.07, 6.45) is 2.38. The highest BCUT2D eigenvalue weighted by Gasteiger charge is 2.08. The zero-order chi connectivity index (χ0) is 15.7. The van der Waals surface area contributed by atoms with Gasteiger partial charge in [0, 0.05) is 19.2 Å². The maximum atomic E-state index is 11.7. The lowest BCUT2D eigenvalue weighted by molar-refractivity contribution is 0.230. The molecule has 0 aliphatic carbocycles. The highest BCUT2D eigenvalue weighted by Crippen LogP contribution is 2.11. The Morgan fingerprint density at radius 2 is 1.86 bits per heavy atom. The van der Waals surface area contributed by atoms with Crippen LogP contribution in [0.1, 0.15) is 32.3 Å². The zero-order valence-corrected chi connectivity index (χ0v) is 12.8. The molecule has 0 aromatic heterocycles. The number of aliphatic hydroxyl groups excluding tert-OH is 1. The van der Waals surface area contributed by atoms with E-state index in [1.165, 1.54) is 0 Å². The summed E-state index contributed by atoms with van der Waals surface area (Å²) in [6.45, 7) is 4.67. The molecule has 2 atom stereocenters.